The normalized spacial score (nSPS) is 28.7. The summed E-state index contributed by atoms with van der Waals surface area (Å²) in [5.41, 5.74) is -0.296. The van der Waals surface area contributed by atoms with E-state index >= 15 is 0 Å². The van der Waals surface area contributed by atoms with Gasteiger partial charge in [0, 0.05) is 10.7 Å². The maximum atomic E-state index is 11.7. The number of aliphatic hydroxyl groups is 1. The van der Waals surface area contributed by atoms with E-state index in [0.29, 0.717) is 5.69 Å². The summed E-state index contributed by atoms with van der Waals surface area (Å²) in [7, 11) is 1.43. The van der Waals surface area contributed by atoms with Crippen LogP contribution in [-0.2, 0) is 15.1 Å². The molecule has 0 bridgehead atoms. The van der Waals surface area contributed by atoms with Crippen LogP contribution in [0.3, 0.4) is 0 Å². The van der Waals surface area contributed by atoms with Gasteiger partial charge in [0.15, 0.2) is 0 Å². The lowest BCUT2D eigenvalue weighted by atomic mass is 9.68. The molecular weight excluding hydrogens is 334 g/mol. The van der Waals surface area contributed by atoms with Crippen molar-refractivity contribution >= 4 is 21.9 Å². The first-order valence-electron chi connectivity index (χ1n) is 7.28. The van der Waals surface area contributed by atoms with Crippen molar-refractivity contribution in [1.29, 1.82) is 0 Å². The van der Waals surface area contributed by atoms with Crippen molar-refractivity contribution in [1.82, 2.24) is 4.98 Å². The molecule has 1 saturated carbocycles. The van der Waals surface area contributed by atoms with Gasteiger partial charge in [-0.15, -0.1) is 0 Å². The molecule has 0 spiro atoms. The number of methoxy groups -OCH3 is 1. The molecule has 21 heavy (non-hydrogen) atoms. The number of hydrogen-bond donors (Lipinski definition) is 1. The maximum Gasteiger partial charge on any atom is 0.308 e. The largest absolute Gasteiger partial charge is 0.469 e. The van der Waals surface area contributed by atoms with Crippen molar-refractivity contribution in [2.45, 2.75) is 38.7 Å². The highest BCUT2D eigenvalue weighted by molar-refractivity contribution is 9.10. The van der Waals surface area contributed by atoms with Gasteiger partial charge in [0.25, 0.3) is 0 Å². The Labute approximate surface area is 134 Å². The molecule has 1 aliphatic rings. The lowest BCUT2D eigenvalue weighted by molar-refractivity contribution is -0.150. The second-order valence-corrected chi connectivity index (χ2v) is 7.04. The minimum absolute atomic E-state index is 0.0556. The Bertz CT molecular complexity index is 501. The number of nitrogens with zero attached hydrogens (tertiary/aromatic N) is 1. The van der Waals surface area contributed by atoms with Crippen molar-refractivity contribution in [2.24, 2.45) is 17.8 Å². The van der Waals surface area contributed by atoms with E-state index in [1.807, 2.05) is 19.1 Å². The van der Waals surface area contributed by atoms with E-state index in [4.69, 9.17) is 4.74 Å². The Morgan fingerprint density at radius 1 is 1.48 bits per heavy atom. The number of ether oxygens (including phenoxy) is 1. The Kier molecular flexibility index (Phi) is 5.04. The Morgan fingerprint density at radius 3 is 2.71 bits per heavy atom. The molecule has 116 valence electrons. The van der Waals surface area contributed by atoms with Crippen molar-refractivity contribution in [3.05, 3.63) is 28.5 Å². The molecule has 0 aliphatic heterocycles. The summed E-state index contributed by atoms with van der Waals surface area (Å²) in [6.07, 6.45) is 4.05. The van der Waals surface area contributed by atoms with Gasteiger partial charge >= 0.3 is 5.97 Å². The molecule has 0 amide bonds. The van der Waals surface area contributed by atoms with Crippen molar-refractivity contribution in [2.75, 3.05) is 7.11 Å². The lowest BCUT2D eigenvalue weighted by Gasteiger charge is -2.40. The predicted molar refractivity (Wildman–Crippen MR) is 83.5 cm³/mol. The third kappa shape index (κ3) is 3.46. The van der Waals surface area contributed by atoms with E-state index in [2.05, 4.69) is 27.8 Å². The zero-order chi connectivity index (χ0) is 15.6. The maximum absolute atomic E-state index is 11.7. The number of rotatable bonds is 3. The van der Waals surface area contributed by atoms with Crippen molar-refractivity contribution < 1.29 is 14.6 Å². The van der Waals surface area contributed by atoms with E-state index in [1.165, 1.54) is 7.11 Å². The fraction of sp³-hybridized carbons (Fsp3) is 0.625. The summed E-state index contributed by atoms with van der Waals surface area (Å²) in [5, 5.41) is 10.9. The topological polar surface area (TPSA) is 59.4 Å². The average molecular weight is 356 g/mol. The van der Waals surface area contributed by atoms with Crippen LogP contribution in [0.4, 0.5) is 0 Å². The number of carbonyl (C=O) groups excluding carboxylic acids is 1. The fourth-order valence-corrected chi connectivity index (χ4v) is 3.53. The van der Waals surface area contributed by atoms with Gasteiger partial charge in [0.1, 0.15) is 5.60 Å². The zero-order valence-electron chi connectivity index (χ0n) is 12.7. The van der Waals surface area contributed by atoms with Gasteiger partial charge in [0.05, 0.1) is 18.7 Å². The molecule has 1 aromatic rings. The lowest BCUT2D eigenvalue weighted by Crippen LogP contribution is -2.40. The van der Waals surface area contributed by atoms with Crippen LogP contribution in [-0.4, -0.2) is 23.2 Å². The smallest absolute Gasteiger partial charge is 0.308 e. The van der Waals surface area contributed by atoms with Gasteiger partial charge in [-0.2, -0.15) is 0 Å². The van der Waals surface area contributed by atoms with Crippen LogP contribution < -0.4 is 0 Å². The van der Waals surface area contributed by atoms with Gasteiger partial charge in [-0.1, -0.05) is 6.92 Å². The molecule has 4 atom stereocenters. The van der Waals surface area contributed by atoms with Gasteiger partial charge in [-0.25, -0.2) is 0 Å². The second-order valence-electron chi connectivity index (χ2n) is 6.13. The van der Waals surface area contributed by atoms with Gasteiger partial charge in [-0.05, 0) is 66.1 Å². The van der Waals surface area contributed by atoms with Crippen molar-refractivity contribution in [3.8, 4) is 0 Å². The molecule has 4 nitrogen and oxygen atoms in total. The summed E-state index contributed by atoms with van der Waals surface area (Å²) < 4.78 is 5.75. The molecule has 1 heterocycles. The first-order valence-corrected chi connectivity index (χ1v) is 8.07. The molecule has 0 radical (unpaired) electrons. The van der Waals surface area contributed by atoms with E-state index in [1.54, 1.807) is 6.20 Å². The third-order valence-electron chi connectivity index (χ3n) is 4.71. The molecule has 1 N–H and O–H groups in total. The highest BCUT2D eigenvalue weighted by atomic mass is 79.9. The molecule has 1 fully saturated rings. The number of hydrogen-bond acceptors (Lipinski definition) is 4. The molecular formula is C16H22BrNO3. The fourth-order valence-electron chi connectivity index (χ4n) is 3.29. The van der Waals surface area contributed by atoms with E-state index in [0.717, 1.165) is 23.7 Å². The molecule has 1 aliphatic carbocycles. The van der Waals surface area contributed by atoms with Crippen LogP contribution in [0.25, 0.3) is 0 Å². The summed E-state index contributed by atoms with van der Waals surface area (Å²) in [4.78, 5) is 16.1. The number of carbonyl (C=O) groups is 1. The molecule has 1 aromatic heterocycles. The Balaban J connectivity index is 2.12. The summed E-state index contributed by atoms with van der Waals surface area (Å²) in [6.45, 7) is 3.87. The van der Waals surface area contributed by atoms with Gasteiger partial charge in [-0.3, -0.25) is 9.78 Å². The first kappa shape index (κ1) is 16.4. The predicted octanol–water partition coefficient (Wildman–Crippen LogP) is 3.28. The molecule has 2 unspecified atom stereocenters. The minimum Gasteiger partial charge on any atom is -0.469 e. The number of aromatic nitrogens is 1. The molecule has 2 rings (SSSR count). The number of halogens is 1. The van der Waals surface area contributed by atoms with Crippen LogP contribution in [0.15, 0.2) is 22.8 Å². The van der Waals surface area contributed by atoms with Crippen LogP contribution >= 0.6 is 15.9 Å². The Morgan fingerprint density at radius 2 is 2.19 bits per heavy atom. The van der Waals surface area contributed by atoms with E-state index in [-0.39, 0.29) is 23.7 Å². The molecule has 0 aromatic carbocycles. The van der Waals surface area contributed by atoms with Crippen LogP contribution in [0.5, 0.6) is 0 Å². The highest BCUT2D eigenvalue weighted by Gasteiger charge is 2.42. The van der Waals surface area contributed by atoms with E-state index < -0.39 is 5.60 Å². The molecule has 0 saturated heterocycles. The monoisotopic (exact) mass is 355 g/mol. The SMILES string of the molecule is COC(=O)[C@@H]1CCC(C(C)(O)c2ccc(Br)cn2)C[C@@H]1C. The second kappa shape index (κ2) is 6.44. The average Bonchev–Trinajstić information content (AvgIpc) is 2.46. The first-order chi connectivity index (χ1) is 9.86. The quantitative estimate of drug-likeness (QED) is 0.845. The van der Waals surface area contributed by atoms with Crippen LogP contribution in [0, 0.1) is 17.8 Å². The highest BCUT2D eigenvalue weighted by Crippen LogP contribution is 2.43. The number of pyridine rings is 1. The number of esters is 1. The van der Waals surface area contributed by atoms with Crippen LogP contribution in [0.1, 0.15) is 38.8 Å². The zero-order valence-corrected chi connectivity index (χ0v) is 14.3. The minimum atomic E-state index is -0.976. The van der Waals surface area contributed by atoms with E-state index in [9.17, 15) is 9.90 Å². The van der Waals surface area contributed by atoms with Crippen molar-refractivity contribution in [3.63, 3.8) is 0 Å². The standard InChI is InChI=1S/C16H22BrNO3/c1-10-8-11(4-6-13(10)15(19)21-3)16(2,20)14-7-5-12(17)9-18-14/h5,7,9-11,13,20H,4,6,8H2,1-3H3/t10-,11?,13+,16?/m0/s1. The van der Waals surface area contributed by atoms with Gasteiger partial charge in [0.2, 0.25) is 0 Å². The van der Waals surface area contributed by atoms with Crippen LogP contribution in [0.2, 0.25) is 0 Å². The molecule has 5 heteroatoms. The van der Waals surface area contributed by atoms with Gasteiger partial charge < -0.3 is 9.84 Å². The Hall–Kier alpha value is -0.940. The summed E-state index contributed by atoms with van der Waals surface area (Å²) in [5.74, 6) is 0.113. The summed E-state index contributed by atoms with van der Waals surface area (Å²) in [6, 6.07) is 3.74. The third-order valence-corrected chi connectivity index (χ3v) is 5.18. The summed E-state index contributed by atoms with van der Waals surface area (Å²) >= 11 is 3.35.